The average Bonchev–Trinajstić information content (AvgIpc) is 2.61. The second-order valence-corrected chi connectivity index (χ2v) is 7.37. The molecule has 2 rings (SSSR count). The monoisotopic (exact) mass is 361 g/mol. The fraction of sp³-hybridized carbons (Fsp3) is 0.278. The number of nitrogens with two attached hydrogens (primary N) is 1. The summed E-state index contributed by atoms with van der Waals surface area (Å²) in [7, 11) is -3.61. The molecule has 2 aromatic carbocycles. The van der Waals surface area contributed by atoms with Crippen molar-refractivity contribution in [2.24, 2.45) is 5.73 Å². The van der Waals surface area contributed by atoms with E-state index in [1.165, 1.54) is 17.7 Å². The van der Waals surface area contributed by atoms with Crippen molar-refractivity contribution in [3.05, 3.63) is 60.2 Å². The van der Waals surface area contributed by atoms with Crippen molar-refractivity contribution in [1.29, 1.82) is 0 Å². The lowest BCUT2D eigenvalue weighted by Crippen LogP contribution is -2.29. The molecule has 4 N–H and O–H groups in total. The summed E-state index contributed by atoms with van der Waals surface area (Å²) in [5.74, 6) is -0.139. The Morgan fingerprint density at radius 2 is 1.80 bits per heavy atom. The third-order valence-corrected chi connectivity index (χ3v) is 5.04. The topological polar surface area (TPSA) is 101 Å². The Balaban J connectivity index is 1.89. The highest BCUT2D eigenvalue weighted by atomic mass is 32.2. The van der Waals surface area contributed by atoms with Gasteiger partial charge < -0.3 is 11.1 Å². The first-order valence-corrected chi connectivity index (χ1v) is 9.63. The quantitative estimate of drug-likeness (QED) is 0.635. The Hall–Kier alpha value is -2.22. The fourth-order valence-corrected chi connectivity index (χ4v) is 3.43. The lowest BCUT2D eigenvalue weighted by molar-refractivity contribution is -0.116. The molecule has 0 saturated heterocycles. The van der Waals surface area contributed by atoms with Gasteiger partial charge in [-0.2, -0.15) is 0 Å². The lowest BCUT2D eigenvalue weighted by atomic mass is 10.1. The van der Waals surface area contributed by atoms with Crippen molar-refractivity contribution in [3.63, 3.8) is 0 Å². The second-order valence-electron chi connectivity index (χ2n) is 5.60. The molecule has 7 heteroatoms. The van der Waals surface area contributed by atoms with E-state index >= 15 is 0 Å². The van der Waals surface area contributed by atoms with Crippen LogP contribution in [-0.4, -0.2) is 27.4 Å². The van der Waals surface area contributed by atoms with Gasteiger partial charge in [-0.1, -0.05) is 36.4 Å². The third-order valence-electron chi connectivity index (χ3n) is 3.58. The van der Waals surface area contributed by atoms with Crippen molar-refractivity contribution in [1.82, 2.24) is 4.72 Å². The number of hydrogen-bond donors (Lipinski definition) is 3. The van der Waals surface area contributed by atoms with E-state index in [0.717, 1.165) is 12.8 Å². The molecule has 0 aliphatic heterocycles. The maximum Gasteiger partial charge on any atom is 0.240 e. The van der Waals surface area contributed by atoms with Crippen LogP contribution in [0.25, 0.3) is 0 Å². The average molecular weight is 361 g/mol. The Bertz CT molecular complexity index is 792. The summed E-state index contributed by atoms with van der Waals surface area (Å²) in [5, 5.41) is 2.74. The zero-order valence-electron chi connectivity index (χ0n) is 13.9. The molecule has 0 fully saturated rings. The highest BCUT2D eigenvalue weighted by molar-refractivity contribution is 7.89. The number of sulfonamides is 1. The van der Waals surface area contributed by atoms with Gasteiger partial charge in [-0.25, -0.2) is 13.1 Å². The summed E-state index contributed by atoms with van der Waals surface area (Å²) < 4.78 is 26.5. The minimum Gasteiger partial charge on any atom is -0.329 e. The van der Waals surface area contributed by atoms with E-state index in [4.69, 9.17) is 5.73 Å². The first-order chi connectivity index (χ1) is 12.0. The maximum atomic E-state index is 12.1. The standard InChI is InChI=1S/C18H23N3O3S/c19-12-13-20-25(23,24)17-10-5-9-16(14-17)21-18(22)11-4-8-15-6-2-1-3-7-15/h1-3,5-7,9-10,14,20H,4,8,11-13,19H2,(H,21,22). The first-order valence-electron chi connectivity index (χ1n) is 8.15. The molecule has 0 unspecified atom stereocenters. The summed E-state index contributed by atoms with van der Waals surface area (Å²) >= 11 is 0. The Kier molecular flexibility index (Phi) is 7.12. The van der Waals surface area contributed by atoms with Crippen molar-refractivity contribution in [2.45, 2.75) is 24.2 Å². The molecular weight excluding hydrogens is 338 g/mol. The number of amides is 1. The number of carbonyl (C=O) groups excluding carboxylic acids is 1. The van der Waals surface area contributed by atoms with Gasteiger partial charge in [0.25, 0.3) is 0 Å². The van der Waals surface area contributed by atoms with Crippen LogP contribution in [0.4, 0.5) is 5.69 Å². The van der Waals surface area contributed by atoms with Gasteiger partial charge in [0.05, 0.1) is 4.90 Å². The molecule has 1 amide bonds. The van der Waals surface area contributed by atoms with Gasteiger partial charge >= 0.3 is 0 Å². The molecule has 0 aliphatic rings. The van der Waals surface area contributed by atoms with Crippen molar-refractivity contribution >= 4 is 21.6 Å². The van der Waals surface area contributed by atoms with Crippen LogP contribution in [0.5, 0.6) is 0 Å². The van der Waals surface area contributed by atoms with Gasteiger partial charge in [0.1, 0.15) is 0 Å². The van der Waals surface area contributed by atoms with Gasteiger partial charge in [-0.15, -0.1) is 0 Å². The number of carbonyl (C=O) groups is 1. The summed E-state index contributed by atoms with van der Waals surface area (Å²) in [6, 6.07) is 16.1. The van der Waals surface area contributed by atoms with Gasteiger partial charge in [-0.05, 0) is 36.6 Å². The highest BCUT2D eigenvalue weighted by Gasteiger charge is 2.14. The van der Waals surface area contributed by atoms with E-state index < -0.39 is 10.0 Å². The van der Waals surface area contributed by atoms with E-state index in [-0.39, 0.29) is 23.9 Å². The first kappa shape index (κ1) is 19.1. The van der Waals surface area contributed by atoms with Crippen LogP contribution in [0.3, 0.4) is 0 Å². The van der Waals surface area contributed by atoms with Crippen LogP contribution in [-0.2, 0) is 21.2 Å². The van der Waals surface area contributed by atoms with Crippen LogP contribution in [0.1, 0.15) is 18.4 Å². The molecule has 25 heavy (non-hydrogen) atoms. The Morgan fingerprint density at radius 3 is 2.52 bits per heavy atom. The van der Waals surface area contributed by atoms with Gasteiger partial charge in [0.15, 0.2) is 0 Å². The van der Waals surface area contributed by atoms with E-state index in [9.17, 15) is 13.2 Å². The summed E-state index contributed by atoms with van der Waals surface area (Å²) in [5.41, 5.74) is 6.96. The molecule has 2 aromatic rings. The largest absolute Gasteiger partial charge is 0.329 e. The van der Waals surface area contributed by atoms with Crippen LogP contribution in [0.15, 0.2) is 59.5 Å². The van der Waals surface area contributed by atoms with Gasteiger partial charge in [0, 0.05) is 25.2 Å². The molecule has 0 aromatic heterocycles. The predicted molar refractivity (Wildman–Crippen MR) is 98.7 cm³/mol. The number of benzene rings is 2. The van der Waals surface area contributed by atoms with Crippen LogP contribution in [0, 0.1) is 0 Å². The molecule has 0 radical (unpaired) electrons. The lowest BCUT2D eigenvalue weighted by Gasteiger charge is -2.09. The van der Waals surface area contributed by atoms with Crippen molar-refractivity contribution < 1.29 is 13.2 Å². The number of aryl methyl sites for hydroxylation is 1. The van der Waals surface area contributed by atoms with Crippen LogP contribution >= 0.6 is 0 Å². The third kappa shape index (κ3) is 6.30. The highest BCUT2D eigenvalue weighted by Crippen LogP contribution is 2.16. The Morgan fingerprint density at radius 1 is 1.04 bits per heavy atom. The van der Waals surface area contributed by atoms with E-state index in [2.05, 4.69) is 10.0 Å². The van der Waals surface area contributed by atoms with E-state index in [1.54, 1.807) is 12.1 Å². The van der Waals surface area contributed by atoms with E-state index in [1.807, 2.05) is 30.3 Å². The number of nitrogens with one attached hydrogen (secondary N) is 2. The Labute approximate surface area is 148 Å². The van der Waals surface area contributed by atoms with Crippen LogP contribution < -0.4 is 15.8 Å². The molecular formula is C18H23N3O3S. The summed E-state index contributed by atoms with van der Waals surface area (Å²) in [6.07, 6.45) is 1.93. The smallest absolute Gasteiger partial charge is 0.240 e. The molecule has 0 aliphatic carbocycles. The SMILES string of the molecule is NCCNS(=O)(=O)c1cccc(NC(=O)CCCc2ccccc2)c1. The maximum absolute atomic E-state index is 12.1. The van der Waals surface area contributed by atoms with Gasteiger partial charge in [0.2, 0.25) is 15.9 Å². The van der Waals surface area contributed by atoms with E-state index in [0.29, 0.717) is 12.1 Å². The normalized spacial score (nSPS) is 11.2. The molecule has 0 heterocycles. The number of rotatable bonds is 9. The van der Waals surface area contributed by atoms with Crippen molar-refractivity contribution in [2.75, 3.05) is 18.4 Å². The minimum atomic E-state index is -3.61. The summed E-state index contributed by atoms with van der Waals surface area (Å²) in [4.78, 5) is 12.1. The zero-order valence-corrected chi connectivity index (χ0v) is 14.8. The second kappa shape index (κ2) is 9.31. The predicted octanol–water partition coefficient (Wildman–Crippen LogP) is 1.88. The van der Waals surface area contributed by atoms with Gasteiger partial charge in [-0.3, -0.25) is 4.79 Å². The number of anilines is 1. The summed E-state index contributed by atoms with van der Waals surface area (Å²) in [6.45, 7) is 0.384. The minimum absolute atomic E-state index is 0.100. The van der Waals surface area contributed by atoms with Crippen LogP contribution in [0.2, 0.25) is 0 Å². The number of hydrogen-bond acceptors (Lipinski definition) is 4. The molecule has 134 valence electrons. The molecule has 0 bridgehead atoms. The van der Waals surface area contributed by atoms with Crippen molar-refractivity contribution in [3.8, 4) is 0 Å². The molecule has 0 spiro atoms. The molecule has 0 atom stereocenters. The molecule has 6 nitrogen and oxygen atoms in total. The fourth-order valence-electron chi connectivity index (χ4n) is 2.34. The molecule has 0 saturated carbocycles. The zero-order chi connectivity index (χ0) is 18.1.